The lowest BCUT2D eigenvalue weighted by molar-refractivity contribution is 0.114. The summed E-state index contributed by atoms with van der Waals surface area (Å²) in [6, 6.07) is 18.5. The van der Waals surface area contributed by atoms with E-state index in [0.717, 1.165) is 11.6 Å². The summed E-state index contributed by atoms with van der Waals surface area (Å²) in [5.41, 5.74) is 1.73. The zero-order chi connectivity index (χ0) is 19.2. The second-order valence-electron chi connectivity index (χ2n) is 6.11. The number of rotatable bonds is 6. The topological polar surface area (TPSA) is 33.0 Å². The van der Waals surface area contributed by atoms with Crippen LogP contribution in [0.4, 0.5) is 13.2 Å². The Morgan fingerprint density at radius 2 is 1.56 bits per heavy atom. The van der Waals surface area contributed by atoms with Gasteiger partial charge in [0.25, 0.3) is 0 Å². The molecule has 0 bridgehead atoms. The fraction of sp³-hybridized carbons (Fsp3) is 0.136. The van der Waals surface area contributed by atoms with Crippen molar-refractivity contribution in [2.24, 2.45) is 0 Å². The van der Waals surface area contributed by atoms with Gasteiger partial charge >= 0.3 is 0 Å². The van der Waals surface area contributed by atoms with E-state index in [-0.39, 0.29) is 12.2 Å². The molecule has 0 heterocycles. The fourth-order valence-electron chi connectivity index (χ4n) is 2.88. The number of nitrogens with zero attached hydrogens (tertiary/aromatic N) is 1. The number of nitriles is 1. The van der Waals surface area contributed by atoms with E-state index in [1.54, 1.807) is 6.07 Å². The molecule has 0 radical (unpaired) electrons. The SMILES string of the molecule is N#Cc1cc(C(COCc2ccccc2)c2cc(F)cc(F)c2)ccc1F. The Morgan fingerprint density at radius 1 is 0.852 bits per heavy atom. The maximum atomic E-state index is 13.7. The summed E-state index contributed by atoms with van der Waals surface area (Å²) >= 11 is 0. The third kappa shape index (κ3) is 4.75. The van der Waals surface area contributed by atoms with Crippen LogP contribution < -0.4 is 0 Å². The summed E-state index contributed by atoms with van der Waals surface area (Å²) in [6.07, 6.45) is 0. The molecule has 1 atom stereocenters. The molecule has 3 rings (SSSR count). The molecule has 0 saturated carbocycles. The van der Waals surface area contributed by atoms with E-state index in [0.29, 0.717) is 17.7 Å². The van der Waals surface area contributed by atoms with Gasteiger partial charge in [-0.3, -0.25) is 0 Å². The Labute approximate surface area is 155 Å². The van der Waals surface area contributed by atoms with E-state index in [4.69, 9.17) is 10.00 Å². The lowest BCUT2D eigenvalue weighted by Crippen LogP contribution is -2.11. The summed E-state index contributed by atoms with van der Waals surface area (Å²) in [6.45, 7) is 0.440. The number of hydrogen-bond donors (Lipinski definition) is 0. The van der Waals surface area contributed by atoms with E-state index in [2.05, 4.69) is 0 Å². The number of hydrogen-bond acceptors (Lipinski definition) is 2. The first kappa shape index (κ1) is 18.7. The fourth-order valence-corrected chi connectivity index (χ4v) is 2.88. The summed E-state index contributed by atoms with van der Waals surface area (Å²) in [5, 5.41) is 9.07. The van der Waals surface area contributed by atoms with Crippen LogP contribution in [0.5, 0.6) is 0 Å². The highest BCUT2D eigenvalue weighted by molar-refractivity contribution is 5.40. The molecule has 0 aromatic heterocycles. The molecule has 0 saturated heterocycles. The van der Waals surface area contributed by atoms with Crippen LogP contribution in [0.2, 0.25) is 0 Å². The minimum Gasteiger partial charge on any atom is -0.376 e. The van der Waals surface area contributed by atoms with Crippen LogP contribution >= 0.6 is 0 Å². The van der Waals surface area contributed by atoms with Crippen molar-refractivity contribution in [3.8, 4) is 6.07 Å². The van der Waals surface area contributed by atoms with Crippen molar-refractivity contribution in [2.45, 2.75) is 12.5 Å². The molecular weight excluding hydrogens is 351 g/mol. The van der Waals surface area contributed by atoms with E-state index >= 15 is 0 Å². The first-order valence-corrected chi connectivity index (χ1v) is 8.34. The average molecular weight is 367 g/mol. The van der Waals surface area contributed by atoms with Crippen LogP contribution in [0.25, 0.3) is 0 Å². The van der Waals surface area contributed by atoms with Crippen LogP contribution in [0.1, 0.15) is 28.2 Å². The summed E-state index contributed by atoms with van der Waals surface area (Å²) in [4.78, 5) is 0. The average Bonchev–Trinajstić information content (AvgIpc) is 2.66. The van der Waals surface area contributed by atoms with Gasteiger partial charge in [-0.2, -0.15) is 5.26 Å². The molecule has 3 aromatic carbocycles. The minimum absolute atomic E-state index is 0.119. The molecule has 5 heteroatoms. The maximum absolute atomic E-state index is 13.7. The molecule has 0 aliphatic heterocycles. The van der Waals surface area contributed by atoms with Gasteiger partial charge in [-0.25, -0.2) is 13.2 Å². The number of ether oxygens (including phenoxy) is 1. The zero-order valence-electron chi connectivity index (χ0n) is 14.3. The third-order valence-corrected chi connectivity index (χ3v) is 4.20. The molecule has 0 amide bonds. The molecule has 0 aliphatic carbocycles. The predicted molar refractivity (Wildman–Crippen MR) is 95.4 cm³/mol. The molecule has 0 aliphatic rings. The summed E-state index contributed by atoms with van der Waals surface area (Å²) in [5.74, 6) is -2.61. The molecule has 136 valence electrons. The monoisotopic (exact) mass is 367 g/mol. The quantitative estimate of drug-likeness (QED) is 0.590. The lowest BCUT2D eigenvalue weighted by atomic mass is 9.90. The van der Waals surface area contributed by atoms with Gasteiger partial charge in [-0.05, 0) is 41.0 Å². The molecule has 3 aromatic rings. The Morgan fingerprint density at radius 3 is 2.22 bits per heavy atom. The van der Waals surface area contributed by atoms with Gasteiger partial charge in [0, 0.05) is 12.0 Å². The van der Waals surface area contributed by atoms with Crippen molar-refractivity contribution in [2.75, 3.05) is 6.61 Å². The van der Waals surface area contributed by atoms with E-state index < -0.39 is 23.4 Å². The predicted octanol–water partition coefficient (Wildman–Crippen LogP) is 5.32. The standard InChI is InChI=1S/C22H16F3NO/c23-19-9-17(10-20(24)11-19)21(14-27-13-15-4-2-1-3-5-15)16-6-7-22(25)18(8-16)12-26/h1-11,21H,13-14H2. The van der Waals surface area contributed by atoms with Crippen molar-refractivity contribution in [1.82, 2.24) is 0 Å². The normalized spacial score (nSPS) is 11.8. The molecule has 0 N–H and O–H groups in total. The lowest BCUT2D eigenvalue weighted by Gasteiger charge is -2.19. The highest BCUT2D eigenvalue weighted by Crippen LogP contribution is 2.28. The van der Waals surface area contributed by atoms with Gasteiger partial charge in [0.1, 0.15) is 23.5 Å². The Hall–Kier alpha value is -3.10. The van der Waals surface area contributed by atoms with Crippen LogP contribution in [0, 0.1) is 28.8 Å². The highest BCUT2D eigenvalue weighted by atomic mass is 19.1. The molecule has 0 fully saturated rings. The van der Waals surface area contributed by atoms with Gasteiger partial charge < -0.3 is 4.74 Å². The second kappa shape index (κ2) is 8.52. The second-order valence-corrected chi connectivity index (χ2v) is 6.11. The van der Waals surface area contributed by atoms with E-state index in [9.17, 15) is 13.2 Å². The molecule has 27 heavy (non-hydrogen) atoms. The molecule has 2 nitrogen and oxygen atoms in total. The number of halogens is 3. The minimum atomic E-state index is -0.708. The van der Waals surface area contributed by atoms with Crippen LogP contribution in [0.3, 0.4) is 0 Å². The number of benzene rings is 3. The van der Waals surface area contributed by atoms with Gasteiger partial charge in [-0.15, -0.1) is 0 Å². The van der Waals surface area contributed by atoms with Gasteiger partial charge in [0.2, 0.25) is 0 Å². The Kier molecular flexibility index (Phi) is 5.90. The third-order valence-electron chi connectivity index (χ3n) is 4.20. The van der Waals surface area contributed by atoms with E-state index in [1.807, 2.05) is 30.3 Å². The first-order chi connectivity index (χ1) is 13.1. The molecule has 0 spiro atoms. The smallest absolute Gasteiger partial charge is 0.140 e. The van der Waals surface area contributed by atoms with Crippen molar-refractivity contribution in [3.05, 3.63) is 106 Å². The van der Waals surface area contributed by atoms with E-state index in [1.165, 1.54) is 30.3 Å². The van der Waals surface area contributed by atoms with Gasteiger partial charge in [-0.1, -0.05) is 36.4 Å². The van der Waals surface area contributed by atoms with Crippen molar-refractivity contribution in [3.63, 3.8) is 0 Å². The van der Waals surface area contributed by atoms with Crippen molar-refractivity contribution >= 4 is 0 Å². The van der Waals surface area contributed by atoms with Gasteiger partial charge in [0.05, 0.1) is 18.8 Å². The van der Waals surface area contributed by atoms with Crippen LogP contribution in [-0.4, -0.2) is 6.61 Å². The van der Waals surface area contributed by atoms with Gasteiger partial charge in [0.15, 0.2) is 0 Å². The van der Waals surface area contributed by atoms with Crippen LogP contribution in [-0.2, 0) is 11.3 Å². The van der Waals surface area contributed by atoms with Crippen molar-refractivity contribution < 1.29 is 17.9 Å². The highest BCUT2D eigenvalue weighted by Gasteiger charge is 2.18. The van der Waals surface area contributed by atoms with Crippen molar-refractivity contribution in [1.29, 1.82) is 5.26 Å². The maximum Gasteiger partial charge on any atom is 0.140 e. The first-order valence-electron chi connectivity index (χ1n) is 8.34. The Balaban J connectivity index is 1.90. The summed E-state index contributed by atoms with van der Waals surface area (Å²) < 4.78 is 46.8. The largest absolute Gasteiger partial charge is 0.376 e. The summed E-state index contributed by atoms with van der Waals surface area (Å²) in [7, 11) is 0. The zero-order valence-corrected chi connectivity index (χ0v) is 14.3. The molecule has 1 unspecified atom stereocenters. The molecular formula is C22H16F3NO. The van der Waals surface area contributed by atoms with Crippen LogP contribution in [0.15, 0.2) is 66.7 Å². The Bertz CT molecular complexity index is 947.